The first kappa shape index (κ1) is 28.5. The van der Waals surface area contributed by atoms with Crippen LogP contribution in [0.5, 0.6) is 11.5 Å². The van der Waals surface area contributed by atoms with E-state index >= 15 is 0 Å². The molecule has 0 unspecified atom stereocenters. The van der Waals surface area contributed by atoms with Gasteiger partial charge in [0.15, 0.2) is 23.6 Å². The average Bonchev–Trinajstić information content (AvgIpc) is 2.92. The van der Waals surface area contributed by atoms with Crippen LogP contribution in [0, 0.1) is 11.6 Å². The van der Waals surface area contributed by atoms with Gasteiger partial charge in [-0.2, -0.15) is 0 Å². The minimum absolute atomic E-state index is 0.0665. The molecule has 8 nitrogen and oxygen atoms in total. The normalized spacial score (nSPS) is 11.4. The molecule has 2 aromatic heterocycles. The van der Waals surface area contributed by atoms with E-state index in [2.05, 4.69) is 15.3 Å². The Balaban J connectivity index is 1.62. The molecule has 206 valence electrons. The lowest BCUT2D eigenvalue weighted by atomic mass is 10.1. The molecule has 40 heavy (non-hydrogen) atoms. The number of pyridine rings is 2. The van der Waals surface area contributed by atoms with E-state index in [1.807, 2.05) is 37.0 Å². The van der Waals surface area contributed by atoms with Crippen molar-refractivity contribution in [3.8, 4) is 11.5 Å². The Labute approximate surface area is 235 Å². The van der Waals surface area contributed by atoms with Gasteiger partial charge < -0.3 is 25.6 Å². The zero-order valence-corrected chi connectivity index (χ0v) is 22.8. The third-order valence-corrected chi connectivity index (χ3v) is 6.26. The topological polar surface area (TPSA) is 96.6 Å². The molecule has 0 fully saturated rings. The number of ether oxygens (including phenoxy) is 1. The summed E-state index contributed by atoms with van der Waals surface area (Å²) < 4.78 is 33.9. The van der Waals surface area contributed by atoms with Crippen LogP contribution in [0.4, 0.5) is 31.8 Å². The zero-order valence-electron chi connectivity index (χ0n) is 22.0. The molecule has 0 amide bonds. The summed E-state index contributed by atoms with van der Waals surface area (Å²) in [6.07, 6.45) is 5.51. The molecule has 0 saturated heterocycles. The quantitative estimate of drug-likeness (QED) is 0.214. The third-order valence-electron chi connectivity index (χ3n) is 5.88. The molecule has 0 aliphatic heterocycles. The fourth-order valence-electron chi connectivity index (χ4n) is 3.86. The maximum Gasteiger partial charge on any atom is 0.167 e. The van der Waals surface area contributed by atoms with Crippen molar-refractivity contribution in [3.63, 3.8) is 0 Å². The lowest BCUT2D eigenvalue weighted by Gasteiger charge is -2.26. The Morgan fingerprint density at radius 2 is 1.75 bits per heavy atom. The van der Waals surface area contributed by atoms with Gasteiger partial charge in [-0.25, -0.2) is 18.7 Å². The number of nitrogens with one attached hydrogen (secondary N) is 1. The maximum absolute atomic E-state index is 14.9. The van der Waals surface area contributed by atoms with Gasteiger partial charge >= 0.3 is 0 Å². The summed E-state index contributed by atoms with van der Waals surface area (Å²) in [7, 11) is 5.71. The number of aldehydes is 1. The number of carbonyl (C=O) groups excluding carboxylic acids is 1. The zero-order chi connectivity index (χ0) is 28.8. The number of aromatic nitrogens is 2. The summed E-state index contributed by atoms with van der Waals surface area (Å²) in [5, 5.41) is 3.08. The molecule has 0 saturated carbocycles. The van der Waals surface area contributed by atoms with Crippen molar-refractivity contribution in [1.29, 1.82) is 0 Å². The molecular weight excluding hydrogens is 538 g/mol. The number of nitrogen functional groups attached to an aromatic ring is 1. The molecule has 11 heteroatoms. The van der Waals surface area contributed by atoms with Gasteiger partial charge in [0.05, 0.1) is 5.56 Å². The van der Waals surface area contributed by atoms with Crippen LogP contribution in [0.25, 0.3) is 6.08 Å². The molecule has 0 atom stereocenters. The molecule has 0 aliphatic rings. The van der Waals surface area contributed by atoms with E-state index in [1.54, 1.807) is 30.5 Å². The van der Waals surface area contributed by atoms with Gasteiger partial charge in [0.1, 0.15) is 22.5 Å². The average molecular weight is 565 g/mol. The second kappa shape index (κ2) is 12.5. The number of likely N-dealkylation sites (N-methyl/N-ethyl adjacent to an activating group) is 2. The summed E-state index contributed by atoms with van der Waals surface area (Å²) in [5.41, 5.74) is 8.54. The van der Waals surface area contributed by atoms with Crippen LogP contribution in [0.1, 0.15) is 15.9 Å². The van der Waals surface area contributed by atoms with E-state index in [0.29, 0.717) is 24.1 Å². The Bertz CT molecular complexity index is 1550. The van der Waals surface area contributed by atoms with Gasteiger partial charge in [-0.05, 0) is 68.2 Å². The highest BCUT2D eigenvalue weighted by Gasteiger charge is 2.15. The summed E-state index contributed by atoms with van der Waals surface area (Å²) in [6.45, 7) is 0.539. The lowest BCUT2D eigenvalue weighted by Crippen LogP contribution is -2.26. The van der Waals surface area contributed by atoms with E-state index in [-0.39, 0.29) is 39.5 Å². The van der Waals surface area contributed by atoms with Crippen LogP contribution in [-0.2, 0) is 0 Å². The summed E-state index contributed by atoms with van der Waals surface area (Å²) in [4.78, 5) is 24.2. The molecule has 0 radical (unpaired) electrons. The van der Waals surface area contributed by atoms with Gasteiger partial charge in [-0.3, -0.25) is 4.79 Å². The van der Waals surface area contributed by atoms with E-state index < -0.39 is 5.82 Å². The van der Waals surface area contributed by atoms with Crippen molar-refractivity contribution < 1.29 is 18.3 Å². The molecule has 3 N–H and O–H groups in total. The van der Waals surface area contributed by atoms with E-state index in [1.165, 1.54) is 36.5 Å². The third kappa shape index (κ3) is 6.71. The number of nitrogens with two attached hydrogens (primary N) is 1. The number of nitrogens with zero attached hydrogens (tertiary/aromatic N) is 4. The molecule has 0 aliphatic carbocycles. The van der Waals surface area contributed by atoms with Gasteiger partial charge in [0.25, 0.3) is 0 Å². The molecule has 4 aromatic rings. The van der Waals surface area contributed by atoms with Crippen LogP contribution in [0.2, 0.25) is 5.02 Å². The summed E-state index contributed by atoms with van der Waals surface area (Å²) in [6, 6.07) is 13.5. The molecule has 0 spiro atoms. The smallest absolute Gasteiger partial charge is 0.167 e. The fraction of sp³-hybridized carbons (Fsp3) is 0.138. The second-order valence-corrected chi connectivity index (χ2v) is 9.45. The minimum Gasteiger partial charge on any atom is -0.453 e. The molecule has 0 bridgehead atoms. The Kier molecular flexibility index (Phi) is 8.93. The molecular formula is C29H27ClF2N6O2. The van der Waals surface area contributed by atoms with Crippen LogP contribution in [-0.4, -0.2) is 48.8 Å². The number of carbonyl (C=O) groups is 1. The van der Waals surface area contributed by atoms with E-state index in [4.69, 9.17) is 22.1 Å². The van der Waals surface area contributed by atoms with Crippen LogP contribution in [0.15, 0.2) is 72.7 Å². The van der Waals surface area contributed by atoms with Crippen molar-refractivity contribution in [2.24, 2.45) is 0 Å². The molecule has 2 aromatic carbocycles. The minimum atomic E-state index is -0.672. The largest absolute Gasteiger partial charge is 0.453 e. The number of hydrogen-bond acceptors (Lipinski definition) is 8. The first-order valence-electron chi connectivity index (χ1n) is 12.1. The second-order valence-electron chi connectivity index (χ2n) is 9.07. The lowest BCUT2D eigenvalue weighted by molar-refractivity contribution is 0.112. The number of anilines is 4. The van der Waals surface area contributed by atoms with Crippen molar-refractivity contribution in [1.82, 2.24) is 14.9 Å². The Morgan fingerprint density at radius 3 is 2.42 bits per heavy atom. The maximum atomic E-state index is 14.9. The van der Waals surface area contributed by atoms with Crippen molar-refractivity contribution in [2.45, 2.75) is 0 Å². The molecule has 2 heterocycles. The van der Waals surface area contributed by atoms with Gasteiger partial charge in [-0.15, -0.1) is 0 Å². The van der Waals surface area contributed by atoms with Gasteiger partial charge in [0, 0.05) is 55.2 Å². The predicted octanol–water partition coefficient (Wildman–Crippen LogP) is 6.38. The summed E-state index contributed by atoms with van der Waals surface area (Å²) in [5.74, 6) is -0.598. The highest BCUT2D eigenvalue weighted by atomic mass is 35.5. The van der Waals surface area contributed by atoms with Crippen molar-refractivity contribution >= 4 is 47.0 Å². The monoisotopic (exact) mass is 564 g/mol. The van der Waals surface area contributed by atoms with Gasteiger partial charge in [-0.1, -0.05) is 11.6 Å². The molecule has 4 rings (SSSR count). The predicted molar refractivity (Wildman–Crippen MR) is 154 cm³/mol. The standard InChI is InChI=1S/C29H27ClF2N6O2/c1-37(2)16-22(38(3)21-7-4-19(31)5-8-21)14-18-10-12-35-29(23(18)17-39)36-20-6-9-25(24(32)15-20)40-26-11-13-34-28(33)27(26)30/h4-15,17H,16H2,1-3H3,(H2,33,34)(H,35,36)/b22-14-. The number of halogens is 3. The number of benzene rings is 2. The Hall–Kier alpha value is -4.54. The number of hydrogen-bond donors (Lipinski definition) is 2. The van der Waals surface area contributed by atoms with Crippen molar-refractivity contribution in [2.75, 3.05) is 43.6 Å². The highest BCUT2D eigenvalue weighted by Crippen LogP contribution is 2.34. The van der Waals surface area contributed by atoms with Gasteiger partial charge in [0.2, 0.25) is 0 Å². The van der Waals surface area contributed by atoms with E-state index in [0.717, 1.165) is 11.4 Å². The van der Waals surface area contributed by atoms with Crippen LogP contribution < -0.4 is 20.7 Å². The number of rotatable bonds is 10. The van der Waals surface area contributed by atoms with E-state index in [9.17, 15) is 13.6 Å². The first-order valence-corrected chi connectivity index (χ1v) is 12.5. The fourth-order valence-corrected chi connectivity index (χ4v) is 4.01. The summed E-state index contributed by atoms with van der Waals surface area (Å²) >= 11 is 6.09. The van der Waals surface area contributed by atoms with Crippen LogP contribution in [0.3, 0.4) is 0 Å². The van der Waals surface area contributed by atoms with Crippen LogP contribution >= 0.6 is 11.6 Å². The van der Waals surface area contributed by atoms with Crippen molar-refractivity contribution in [3.05, 3.63) is 100 Å². The first-order chi connectivity index (χ1) is 19.2. The SMILES string of the molecule is CN(C)C/C(=C/c1ccnc(Nc2ccc(Oc3ccnc(N)c3Cl)c(F)c2)c1C=O)N(C)c1ccc(F)cc1. The Morgan fingerprint density at radius 1 is 1.02 bits per heavy atom. The highest BCUT2D eigenvalue weighted by molar-refractivity contribution is 6.34.